The minimum Gasteiger partial charge on any atom is -0.462 e. The lowest BCUT2D eigenvalue weighted by atomic mass is 10.0. The minimum absolute atomic E-state index is 0.0811. The third-order valence-corrected chi connectivity index (χ3v) is 11.8. The van der Waals surface area contributed by atoms with Crippen molar-refractivity contribution in [3.63, 3.8) is 0 Å². The summed E-state index contributed by atoms with van der Waals surface area (Å²) >= 11 is 0. The molecule has 64 heavy (non-hydrogen) atoms. The lowest BCUT2D eigenvalue weighted by Crippen LogP contribution is -2.30. The number of unbranched alkanes of at least 4 members (excludes halogenated alkanes) is 28. The Hall–Kier alpha value is -2.89. The largest absolute Gasteiger partial charge is 0.462 e. The van der Waals surface area contributed by atoms with Crippen molar-refractivity contribution in [1.82, 2.24) is 0 Å². The molecule has 0 aliphatic rings. The minimum atomic E-state index is -0.783. The topological polar surface area (TPSA) is 78.9 Å². The molecule has 1 unspecified atom stereocenters. The highest BCUT2D eigenvalue weighted by Gasteiger charge is 2.19. The number of esters is 3. The summed E-state index contributed by atoms with van der Waals surface area (Å²) < 4.78 is 16.8. The Bertz CT molecular complexity index is 1170. The van der Waals surface area contributed by atoms with Crippen LogP contribution in [0.2, 0.25) is 0 Å². The van der Waals surface area contributed by atoms with Crippen LogP contribution in [0, 0.1) is 0 Å². The van der Waals surface area contributed by atoms with Crippen molar-refractivity contribution in [3.05, 3.63) is 60.8 Å². The maximum absolute atomic E-state index is 12.8. The van der Waals surface area contributed by atoms with Gasteiger partial charge in [-0.3, -0.25) is 14.4 Å². The van der Waals surface area contributed by atoms with E-state index in [4.69, 9.17) is 14.2 Å². The molecule has 0 aromatic carbocycles. The van der Waals surface area contributed by atoms with Gasteiger partial charge in [0.2, 0.25) is 0 Å². The average Bonchev–Trinajstić information content (AvgIpc) is 3.29. The second-order valence-electron chi connectivity index (χ2n) is 18.1. The second-order valence-corrected chi connectivity index (χ2v) is 18.1. The van der Waals surface area contributed by atoms with E-state index in [1.165, 1.54) is 135 Å². The Morgan fingerprint density at radius 2 is 0.609 bits per heavy atom. The van der Waals surface area contributed by atoms with Crippen molar-refractivity contribution in [1.29, 1.82) is 0 Å². The normalized spacial score (nSPS) is 12.5. The van der Waals surface area contributed by atoms with Crippen LogP contribution in [-0.2, 0) is 28.6 Å². The van der Waals surface area contributed by atoms with E-state index in [2.05, 4.69) is 81.5 Å². The van der Waals surface area contributed by atoms with Gasteiger partial charge in [-0.1, -0.05) is 248 Å². The van der Waals surface area contributed by atoms with Gasteiger partial charge < -0.3 is 14.2 Å². The van der Waals surface area contributed by atoms with Crippen molar-refractivity contribution >= 4 is 17.9 Å². The molecule has 0 rings (SSSR count). The molecule has 0 aliphatic heterocycles. The highest BCUT2D eigenvalue weighted by molar-refractivity contribution is 5.71. The third kappa shape index (κ3) is 50.1. The molecule has 0 amide bonds. The van der Waals surface area contributed by atoms with Crippen LogP contribution in [0.25, 0.3) is 0 Å². The highest BCUT2D eigenvalue weighted by atomic mass is 16.6. The van der Waals surface area contributed by atoms with Gasteiger partial charge in [-0.05, 0) is 64.2 Å². The Morgan fingerprint density at radius 1 is 0.328 bits per heavy atom. The maximum atomic E-state index is 12.8. The molecule has 0 spiro atoms. The zero-order valence-electron chi connectivity index (χ0n) is 42.3. The first-order valence-electron chi connectivity index (χ1n) is 27.3. The van der Waals surface area contributed by atoms with Gasteiger partial charge in [0.05, 0.1) is 0 Å². The zero-order valence-corrected chi connectivity index (χ0v) is 42.3. The van der Waals surface area contributed by atoms with E-state index < -0.39 is 6.10 Å². The van der Waals surface area contributed by atoms with E-state index in [1.54, 1.807) is 0 Å². The highest BCUT2D eigenvalue weighted by Crippen LogP contribution is 2.16. The van der Waals surface area contributed by atoms with E-state index >= 15 is 0 Å². The fraction of sp³-hybridized carbons (Fsp3) is 0.776. The van der Waals surface area contributed by atoms with Crippen LogP contribution in [0.3, 0.4) is 0 Å². The van der Waals surface area contributed by atoms with Crippen LogP contribution < -0.4 is 0 Å². The van der Waals surface area contributed by atoms with Gasteiger partial charge in [0.15, 0.2) is 6.10 Å². The fourth-order valence-corrected chi connectivity index (χ4v) is 7.70. The summed E-state index contributed by atoms with van der Waals surface area (Å²) in [7, 11) is 0. The number of hydrogen-bond donors (Lipinski definition) is 0. The second kappa shape index (κ2) is 52.7. The van der Waals surface area contributed by atoms with Crippen molar-refractivity contribution < 1.29 is 28.6 Å². The van der Waals surface area contributed by atoms with E-state index in [0.29, 0.717) is 19.3 Å². The predicted molar refractivity (Wildman–Crippen MR) is 275 cm³/mol. The van der Waals surface area contributed by atoms with E-state index in [0.717, 1.165) is 96.3 Å². The molecule has 0 bridgehead atoms. The number of carbonyl (C=O) groups is 3. The number of carbonyl (C=O) groups excluding carboxylic acids is 3. The van der Waals surface area contributed by atoms with Gasteiger partial charge in [-0.2, -0.15) is 0 Å². The van der Waals surface area contributed by atoms with Gasteiger partial charge in [0, 0.05) is 19.3 Å². The van der Waals surface area contributed by atoms with Crippen LogP contribution in [0.5, 0.6) is 0 Å². The number of rotatable bonds is 49. The molecule has 0 aromatic heterocycles. The summed E-state index contributed by atoms with van der Waals surface area (Å²) in [5.74, 6) is -0.904. The first-order chi connectivity index (χ1) is 31.5. The molecule has 0 fully saturated rings. The zero-order chi connectivity index (χ0) is 46.5. The van der Waals surface area contributed by atoms with Crippen molar-refractivity contribution in [2.75, 3.05) is 13.2 Å². The summed E-state index contributed by atoms with van der Waals surface area (Å²) in [6.45, 7) is 6.52. The van der Waals surface area contributed by atoms with Gasteiger partial charge >= 0.3 is 17.9 Å². The standard InChI is InChI=1S/C58H102O6/c1-4-7-10-13-16-19-22-25-27-28-29-30-32-33-36-39-42-45-48-51-57(60)63-54-55(53-62-56(59)50-47-44-41-38-35-24-21-18-15-12-9-6-3)64-58(61)52-49-46-43-40-37-34-31-26-23-20-17-14-11-8-5-2/h7,10,16,19,25,27,29-30,33,36,55H,4-6,8-9,11-15,17-18,20-24,26,28,31-32,34-35,37-54H2,1-3H3/b10-7-,19-16-,27-25-,30-29-,36-33-. The van der Waals surface area contributed by atoms with Crippen LogP contribution in [0.4, 0.5) is 0 Å². The molecule has 0 saturated heterocycles. The number of hydrogen-bond acceptors (Lipinski definition) is 6. The molecular weight excluding hydrogens is 793 g/mol. The van der Waals surface area contributed by atoms with Crippen LogP contribution in [0.1, 0.15) is 271 Å². The Morgan fingerprint density at radius 3 is 0.953 bits per heavy atom. The van der Waals surface area contributed by atoms with Crippen molar-refractivity contribution in [3.8, 4) is 0 Å². The molecule has 0 heterocycles. The smallest absolute Gasteiger partial charge is 0.306 e. The van der Waals surface area contributed by atoms with Crippen LogP contribution >= 0.6 is 0 Å². The predicted octanol–water partition coefficient (Wildman–Crippen LogP) is 18.0. The first kappa shape index (κ1) is 61.1. The van der Waals surface area contributed by atoms with Crippen LogP contribution in [0.15, 0.2) is 60.8 Å². The molecule has 0 aromatic rings. The average molecular weight is 895 g/mol. The van der Waals surface area contributed by atoms with Gasteiger partial charge in [-0.15, -0.1) is 0 Å². The van der Waals surface area contributed by atoms with E-state index in [1.807, 2.05) is 0 Å². The van der Waals surface area contributed by atoms with E-state index in [-0.39, 0.29) is 31.1 Å². The van der Waals surface area contributed by atoms with E-state index in [9.17, 15) is 14.4 Å². The Balaban J connectivity index is 4.40. The molecule has 0 N–H and O–H groups in total. The molecule has 0 aliphatic carbocycles. The SMILES string of the molecule is CC/C=C\C/C=C\C/C=C\C/C=C\C/C=C\CCCCCC(=O)OCC(COC(=O)CCCCCCCCCCCCCC)OC(=O)CCCCCCCCCCCCCCCCC. The Kier molecular flexibility index (Phi) is 50.4. The maximum Gasteiger partial charge on any atom is 0.306 e. The lowest BCUT2D eigenvalue weighted by Gasteiger charge is -2.18. The summed E-state index contributed by atoms with van der Waals surface area (Å²) in [6.07, 6.45) is 64.9. The summed E-state index contributed by atoms with van der Waals surface area (Å²) in [5.41, 5.74) is 0. The molecule has 6 heteroatoms. The monoisotopic (exact) mass is 895 g/mol. The van der Waals surface area contributed by atoms with Crippen LogP contribution in [-0.4, -0.2) is 37.2 Å². The molecule has 1 atom stereocenters. The molecule has 0 radical (unpaired) electrons. The lowest BCUT2D eigenvalue weighted by molar-refractivity contribution is -0.167. The third-order valence-electron chi connectivity index (χ3n) is 11.8. The van der Waals surface area contributed by atoms with Crippen molar-refractivity contribution in [2.45, 2.75) is 277 Å². The fourth-order valence-electron chi connectivity index (χ4n) is 7.70. The van der Waals surface area contributed by atoms with Gasteiger partial charge in [0.1, 0.15) is 13.2 Å². The molecule has 370 valence electrons. The summed E-state index contributed by atoms with van der Waals surface area (Å²) in [4.78, 5) is 38.0. The molecule has 6 nitrogen and oxygen atoms in total. The summed E-state index contributed by atoms with van der Waals surface area (Å²) in [6, 6.07) is 0. The Labute approximate surface area is 396 Å². The molecular formula is C58H102O6. The van der Waals surface area contributed by atoms with Gasteiger partial charge in [0.25, 0.3) is 0 Å². The van der Waals surface area contributed by atoms with Gasteiger partial charge in [-0.25, -0.2) is 0 Å². The quantitative estimate of drug-likeness (QED) is 0.0262. The van der Waals surface area contributed by atoms with Crippen molar-refractivity contribution in [2.24, 2.45) is 0 Å². The number of ether oxygens (including phenoxy) is 3. The summed E-state index contributed by atoms with van der Waals surface area (Å²) in [5, 5.41) is 0. The molecule has 0 saturated carbocycles. The first-order valence-corrected chi connectivity index (χ1v) is 27.3. The number of allylic oxidation sites excluding steroid dienone is 10.